The van der Waals surface area contributed by atoms with Crippen LogP contribution in [0.1, 0.15) is 72.6 Å². The van der Waals surface area contributed by atoms with Crippen molar-refractivity contribution < 1.29 is 19.4 Å². The number of benzene rings is 2. The lowest BCUT2D eigenvalue weighted by Crippen LogP contribution is -2.51. The van der Waals surface area contributed by atoms with E-state index in [9.17, 15) is 9.90 Å². The molecule has 1 aliphatic carbocycles. The third kappa shape index (κ3) is 7.65. The molecule has 2 bridgehead atoms. The van der Waals surface area contributed by atoms with E-state index in [1.165, 1.54) is 0 Å². The minimum absolute atomic E-state index is 0.0170. The molecular weight excluding hydrogens is 676 g/mol. The minimum Gasteiger partial charge on any atom is -0.488 e. The molecule has 3 heterocycles. The Morgan fingerprint density at radius 2 is 1.89 bits per heavy atom. The summed E-state index contributed by atoms with van der Waals surface area (Å²) in [6.07, 6.45) is 7.09. The van der Waals surface area contributed by atoms with Crippen molar-refractivity contribution in [3.63, 3.8) is 0 Å². The van der Waals surface area contributed by atoms with E-state index in [0.717, 1.165) is 65.1 Å². The fraction of sp³-hybridized carbons (Fsp3) is 0.455. The lowest BCUT2D eigenvalue weighted by molar-refractivity contribution is -0.128. The fourth-order valence-corrected chi connectivity index (χ4v) is 8.00. The summed E-state index contributed by atoms with van der Waals surface area (Å²) in [6, 6.07) is 9.45. The van der Waals surface area contributed by atoms with Crippen molar-refractivity contribution >= 4 is 69.2 Å². The average molecular weight is 712 g/mol. The van der Waals surface area contributed by atoms with Gasteiger partial charge in [-0.2, -0.15) is 0 Å². The van der Waals surface area contributed by atoms with Gasteiger partial charge in [0.1, 0.15) is 11.6 Å². The molecule has 6 rings (SSSR count). The Hall–Kier alpha value is -1.88. The van der Waals surface area contributed by atoms with Crippen LogP contribution >= 0.6 is 57.7 Å². The normalized spacial score (nSPS) is 20.3. The maximum Gasteiger partial charge on any atom is 0.252 e. The molecule has 2 fully saturated rings. The summed E-state index contributed by atoms with van der Waals surface area (Å²) in [5.74, 6) is 0.435. The Kier molecular flexibility index (Phi) is 10.6. The van der Waals surface area contributed by atoms with Crippen LogP contribution in [-0.2, 0) is 22.7 Å². The van der Waals surface area contributed by atoms with Gasteiger partial charge in [0.05, 0.1) is 44.3 Å². The van der Waals surface area contributed by atoms with Crippen LogP contribution in [0, 0.1) is 0 Å². The maximum absolute atomic E-state index is 14.4. The second-order valence-corrected chi connectivity index (χ2v) is 14.5. The number of aliphatic hydroxyl groups excluding tert-OH is 1. The van der Waals surface area contributed by atoms with Gasteiger partial charge in [-0.1, -0.05) is 58.5 Å². The molecule has 2 N–H and O–H groups in total. The van der Waals surface area contributed by atoms with Gasteiger partial charge in [0, 0.05) is 36.4 Å². The van der Waals surface area contributed by atoms with E-state index in [-0.39, 0.29) is 24.6 Å². The molecule has 3 aliphatic rings. The number of rotatable bonds is 12. The second kappa shape index (κ2) is 14.5. The van der Waals surface area contributed by atoms with Crippen LogP contribution in [0.3, 0.4) is 0 Å². The zero-order chi connectivity index (χ0) is 31.7. The molecular formula is C33H35Cl4N3O4S. The summed E-state index contributed by atoms with van der Waals surface area (Å²) in [7, 11) is 0. The first-order chi connectivity index (χ1) is 21.7. The van der Waals surface area contributed by atoms with Gasteiger partial charge in [0.15, 0.2) is 5.75 Å². The van der Waals surface area contributed by atoms with Crippen LogP contribution in [0.4, 0.5) is 0 Å². The highest BCUT2D eigenvalue weighted by atomic mass is 35.5. The first kappa shape index (κ1) is 33.0. The molecule has 7 nitrogen and oxygen atoms in total. The highest BCUT2D eigenvalue weighted by Crippen LogP contribution is 2.41. The Bertz CT molecular complexity index is 1570. The molecule has 0 radical (unpaired) electrons. The Balaban J connectivity index is 1.15. The summed E-state index contributed by atoms with van der Waals surface area (Å²) < 4.78 is 11.6. The fourth-order valence-electron chi connectivity index (χ4n) is 6.09. The molecule has 1 aromatic heterocycles. The molecule has 1 amide bonds. The van der Waals surface area contributed by atoms with Gasteiger partial charge in [-0.3, -0.25) is 4.79 Å². The van der Waals surface area contributed by atoms with E-state index in [1.807, 2.05) is 23.2 Å². The first-order valence-corrected chi connectivity index (χ1v) is 17.6. The molecule has 3 atom stereocenters. The van der Waals surface area contributed by atoms with Gasteiger partial charge in [-0.15, -0.1) is 11.3 Å². The summed E-state index contributed by atoms with van der Waals surface area (Å²) in [5.41, 5.74) is 3.43. The number of nitrogens with zero attached hydrogens (tertiary/aromatic N) is 2. The third-order valence-electron chi connectivity index (χ3n) is 8.51. The number of hydrogen-bond acceptors (Lipinski definition) is 7. The van der Waals surface area contributed by atoms with Crippen molar-refractivity contribution in [1.29, 1.82) is 0 Å². The number of amides is 1. The lowest BCUT2D eigenvalue weighted by Gasteiger charge is -2.40. The minimum atomic E-state index is -0.680. The van der Waals surface area contributed by atoms with Crippen LogP contribution in [-0.4, -0.2) is 52.2 Å². The van der Waals surface area contributed by atoms with Crippen molar-refractivity contribution in [2.75, 3.05) is 13.2 Å². The van der Waals surface area contributed by atoms with Crippen molar-refractivity contribution in [3.8, 4) is 5.75 Å². The van der Waals surface area contributed by atoms with Gasteiger partial charge in [0.25, 0.3) is 5.91 Å². The molecule has 240 valence electrons. The Morgan fingerprint density at radius 1 is 1.11 bits per heavy atom. The predicted octanol–water partition coefficient (Wildman–Crippen LogP) is 8.26. The number of ether oxygens (including phenoxy) is 2. The molecule has 3 aromatic rings. The van der Waals surface area contributed by atoms with Crippen LogP contribution < -0.4 is 10.1 Å². The van der Waals surface area contributed by atoms with E-state index >= 15 is 0 Å². The van der Waals surface area contributed by atoms with Crippen molar-refractivity contribution in [2.24, 2.45) is 0 Å². The standard InChI is InChI=1S/C33H35Cl4N3O4S/c1-18(41)20-12-25(35)32(26(36)13-20)44-11-10-43-17-29-38-15-28(45-29)23-14-21-5-3-7-27(39-21)30(23)33(42)40(22-8-9-22)16-19-4-2-6-24(34)31(19)37/h2,4,6,12-13,15,18,21-22,27,39,41H,3,5,7-11,14,16-17H2,1H3/t18-,21+,27-/m1/s1. The van der Waals surface area contributed by atoms with Gasteiger partial charge >= 0.3 is 0 Å². The quantitative estimate of drug-likeness (QED) is 0.184. The monoisotopic (exact) mass is 709 g/mol. The highest BCUT2D eigenvalue weighted by molar-refractivity contribution is 7.12. The second-order valence-electron chi connectivity index (χ2n) is 11.8. The molecule has 12 heteroatoms. The van der Waals surface area contributed by atoms with Gasteiger partial charge < -0.3 is 24.8 Å². The number of aromatic nitrogens is 1. The molecule has 0 spiro atoms. The molecule has 0 unspecified atom stereocenters. The molecule has 45 heavy (non-hydrogen) atoms. The number of aliphatic hydroxyl groups is 1. The number of halogens is 4. The Morgan fingerprint density at radius 3 is 2.62 bits per heavy atom. The number of thiazole rings is 1. The van der Waals surface area contributed by atoms with Crippen molar-refractivity contribution in [2.45, 2.75) is 82.8 Å². The number of hydrogen-bond donors (Lipinski definition) is 2. The smallest absolute Gasteiger partial charge is 0.252 e. The average Bonchev–Trinajstić information content (AvgIpc) is 3.74. The summed E-state index contributed by atoms with van der Waals surface area (Å²) in [5, 5.41) is 16.0. The van der Waals surface area contributed by atoms with E-state index in [2.05, 4.69) is 10.3 Å². The first-order valence-electron chi connectivity index (χ1n) is 15.2. The summed E-state index contributed by atoms with van der Waals surface area (Å²) in [6.45, 7) is 2.95. The topological polar surface area (TPSA) is 83.9 Å². The Labute approximate surface area is 287 Å². The maximum atomic E-state index is 14.4. The zero-order valence-electron chi connectivity index (χ0n) is 24.8. The highest BCUT2D eigenvalue weighted by Gasteiger charge is 2.41. The molecule has 2 aliphatic heterocycles. The van der Waals surface area contributed by atoms with E-state index in [4.69, 9.17) is 55.9 Å². The van der Waals surface area contributed by atoms with Gasteiger partial charge in [-0.05, 0) is 80.3 Å². The van der Waals surface area contributed by atoms with Crippen molar-refractivity contribution in [1.82, 2.24) is 15.2 Å². The zero-order valence-corrected chi connectivity index (χ0v) is 28.7. The number of fused-ring (bicyclic) bond motifs is 2. The van der Waals surface area contributed by atoms with Crippen LogP contribution in [0.5, 0.6) is 5.75 Å². The van der Waals surface area contributed by atoms with Crippen LogP contribution in [0.25, 0.3) is 5.57 Å². The van der Waals surface area contributed by atoms with Crippen LogP contribution in [0.2, 0.25) is 20.1 Å². The van der Waals surface area contributed by atoms with Crippen LogP contribution in [0.15, 0.2) is 42.1 Å². The molecule has 1 saturated heterocycles. The number of carbonyl (C=O) groups excluding carboxylic acids is 1. The number of nitrogens with one attached hydrogen (secondary N) is 1. The third-order valence-corrected chi connectivity index (χ3v) is 11.0. The van der Waals surface area contributed by atoms with Gasteiger partial charge in [0.2, 0.25) is 0 Å². The van der Waals surface area contributed by atoms with Gasteiger partial charge in [-0.25, -0.2) is 4.98 Å². The summed E-state index contributed by atoms with van der Waals surface area (Å²) >= 11 is 27.0. The number of carbonyl (C=O) groups is 1. The largest absolute Gasteiger partial charge is 0.488 e. The number of piperidine rings is 1. The van der Waals surface area contributed by atoms with Crippen molar-refractivity contribution in [3.05, 3.63) is 83.2 Å². The lowest BCUT2D eigenvalue weighted by atomic mass is 9.81. The summed E-state index contributed by atoms with van der Waals surface area (Å²) in [4.78, 5) is 22.0. The van der Waals surface area contributed by atoms with E-state index in [1.54, 1.807) is 36.5 Å². The molecule has 2 aromatic carbocycles. The molecule has 1 saturated carbocycles. The van der Waals surface area contributed by atoms with E-state index in [0.29, 0.717) is 57.2 Å². The SMILES string of the molecule is C[C@@H](O)c1cc(Cl)c(OCCOCc2ncc(C3=C(C(=O)N(Cc4cccc(Cl)c4Cl)C4CC4)[C@H]4CCC[C@@H](C3)N4)s2)c(Cl)c1. The predicted molar refractivity (Wildman–Crippen MR) is 180 cm³/mol. The van der Waals surface area contributed by atoms with E-state index < -0.39 is 6.10 Å².